The van der Waals surface area contributed by atoms with Crippen molar-refractivity contribution in [3.63, 3.8) is 0 Å². The molecule has 0 bridgehead atoms. The summed E-state index contributed by atoms with van der Waals surface area (Å²) in [5, 5.41) is 9.08. The first kappa shape index (κ1) is 16.8. The van der Waals surface area contributed by atoms with Crippen molar-refractivity contribution in [2.75, 3.05) is 13.1 Å². The van der Waals surface area contributed by atoms with Gasteiger partial charge in [0.1, 0.15) is 0 Å². The van der Waals surface area contributed by atoms with Crippen molar-refractivity contribution in [2.45, 2.75) is 31.4 Å². The SMILES string of the molecule is O=C(O)[C@@H]1CN(C(=O)C2CCCc3ccccc32)C[C@H]1C(F)(F)F. The van der Waals surface area contributed by atoms with E-state index in [1.807, 2.05) is 24.3 Å². The van der Waals surface area contributed by atoms with Gasteiger partial charge in [0, 0.05) is 13.1 Å². The molecule has 1 heterocycles. The molecule has 1 saturated heterocycles. The van der Waals surface area contributed by atoms with Crippen LogP contribution in [-0.2, 0) is 16.0 Å². The fourth-order valence-corrected chi connectivity index (χ4v) is 3.80. The Bertz CT molecular complexity index is 659. The maximum Gasteiger partial charge on any atom is 0.394 e. The minimum Gasteiger partial charge on any atom is -0.481 e. The molecule has 1 N–H and O–H groups in total. The second-order valence-electron chi connectivity index (χ2n) is 6.48. The molecule has 1 aliphatic carbocycles. The van der Waals surface area contributed by atoms with Crippen molar-refractivity contribution in [3.8, 4) is 0 Å². The Kier molecular flexibility index (Phi) is 4.27. The van der Waals surface area contributed by atoms with Gasteiger partial charge in [-0.25, -0.2) is 0 Å². The van der Waals surface area contributed by atoms with E-state index >= 15 is 0 Å². The molecule has 1 aromatic carbocycles. The second kappa shape index (κ2) is 6.11. The minimum atomic E-state index is -4.62. The standard InChI is InChI=1S/C17H18F3NO3/c18-17(19,20)14-9-21(8-13(14)16(23)24)15(22)12-7-3-5-10-4-1-2-6-11(10)12/h1-2,4,6,12-14H,3,5,7-9H2,(H,23,24)/t12?,13-,14-/m1/s1. The van der Waals surface area contributed by atoms with Gasteiger partial charge in [-0.3, -0.25) is 9.59 Å². The number of likely N-dealkylation sites (tertiary alicyclic amines) is 1. The van der Waals surface area contributed by atoms with Gasteiger partial charge in [-0.05, 0) is 30.4 Å². The first-order valence-electron chi connectivity index (χ1n) is 7.95. The van der Waals surface area contributed by atoms with E-state index in [9.17, 15) is 22.8 Å². The number of amides is 1. The maximum atomic E-state index is 13.1. The molecule has 3 atom stereocenters. The number of fused-ring (bicyclic) bond motifs is 1. The number of halogens is 3. The lowest BCUT2D eigenvalue weighted by Gasteiger charge is -2.28. The van der Waals surface area contributed by atoms with Crippen LogP contribution < -0.4 is 0 Å². The van der Waals surface area contributed by atoms with Crippen LogP contribution >= 0.6 is 0 Å². The van der Waals surface area contributed by atoms with Crippen LogP contribution in [0.4, 0.5) is 13.2 Å². The van der Waals surface area contributed by atoms with Crippen molar-refractivity contribution < 1.29 is 27.9 Å². The number of carboxylic acid groups (broad SMARTS) is 1. The van der Waals surface area contributed by atoms with Crippen molar-refractivity contribution >= 4 is 11.9 Å². The van der Waals surface area contributed by atoms with Gasteiger partial charge in [0.25, 0.3) is 0 Å². The Hall–Kier alpha value is -2.05. The highest BCUT2D eigenvalue weighted by Crippen LogP contribution is 2.40. The number of carbonyl (C=O) groups excluding carboxylic acids is 1. The Morgan fingerprint density at radius 3 is 2.50 bits per heavy atom. The van der Waals surface area contributed by atoms with E-state index in [1.165, 1.54) is 0 Å². The predicted molar refractivity (Wildman–Crippen MR) is 79.4 cm³/mol. The molecule has 1 aromatic rings. The highest BCUT2D eigenvalue weighted by molar-refractivity contribution is 5.85. The number of aliphatic carboxylic acids is 1. The smallest absolute Gasteiger partial charge is 0.394 e. The summed E-state index contributed by atoms with van der Waals surface area (Å²) in [4.78, 5) is 25.0. The van der Waals surface area contributed by atoms with Crippen LogP contribution in [0, 0.1) is 11.8 Å². The average Bonchev–Trinajstić information content (AvgIpc) is 2.99. The first-order chi connectivity index (χ1) is 11.3. The fourth-order valence-electron chi connectivity index (χ4n) is 3.80. The second-order valence-corrected chi connectivity index (χ2v) is 6.48. The monoisotopic (exact) mass is 341 g/mol. The Balaban J connectivity index is 1.83. The summed E-state index contributed by atoms with van der Waals surface area (Å²) < 4.78 is 39.3. The van der Waals surface area contributed by atoms with Crippen molar-refractivity contribution in [1.82, 2.24) is 4.90 Å². The van der Waals surface area contributed by atoms with Gasteiger partial charge in [-0.15, -0.1) is 0 Å². The number of carbonyl (C=O) groups is 2. The maximum absolute atomic E-state index is 13.1. The Morgan fingerprint density at radius 1 is 1.17 bits per heavy atom. The van der Waals surface area contributed by atoms with Gasteiger partial charge in [-0.2, -0.15) is 13.2 Å². The fraction of sp³-hybridized carbons (Fsp3) is 0.529. The molecule has 7 heteroatoms. The molecule has 3 rings (SSSR count). The largest absolute Gasteiger partial charge is 0.481 e. The highest BCUT2D eigenvalue weighted by Gasteiger charge is 2.54. The summed E-state index contributed by atoms with van der Waals surface area (Å²) in [6.45, 7) is -0.949. The van der Waals surface area contributed by atoms with Gasteiger partial charge in [0.15, 0.2) is 0 Å². The molecule has 24 heavy (non-hydrogen) atoms. The van der Waals surface area contributed by atoms with E-state index in [1.54, 1.807) is 0 Å². The van der Waals surface area contributed by atoms with Crippen molar-refractivity contribution in [3.05, 3.63) is 35.4 Å². The predicted octanol–water partition coefficient (Wildman–Crippen LogP) is 2.83. The van der Waals surface area contributed by atoms with Crippen molar-refractivity contribution in [1.29, 1.82) is 0 Å². The molecule has 2 aliphatic rings. The molecule has 0 saturated carbocycles. The molecule has 0 aromatic heterocycles. The average molecular weight is 341 g/mol. The van der Waals surface area contributed by atoms with E-state index < -0.39 is 36.4 Å². The van der Waals surface area contributed by atoms with E-state index in [0.717, 1.165) is 28.9 Å². The summed E-state index contributed by atoms with van der Waals surface area (Å²) in [6.07, 6.45) is -2.39. The van der Waals surface area contributed by atoms with E-state index in [2.05, 4.69) is 0 Å². The molecular formula is C17H18F3NO3. The van der Waals surface area contributed by atoms with Gasteiger partial charge >= 0.3 is 12.1 Å². The summed E-state index contributed by atoms with van der Waals surface area (Å²) in [5.74, 6) is -5.96. The first-order valence-corrected chi connectivity index (χ1v) is 7.95. The van der Waals surface area contributed by atoms with Crippen LogP contribution in [0.1, 0.15) is 29.9 Å². The quantitative estimate of drug-likeness (QED) is 0.900. The van der Waals surface area contributed by atoms with E-state index in [4.69, 9.17) is 5.11 Å². The minimum absolute atomic E-state index is 0.378. The number of rotatable bonds is 2. The number of aryl methyl sites for hydroxylation is 1. The van der Waals surface area contributed by atoms with Crippen LogP contribution in [0.25, 0.3) is 0 Å². The molecule has 1 fully saturated rings. The summed E-state index contributed by atoms with van der Waals surface area (Å²) in [7, 11) is 0. The molecule has 1 amide bonds. The highest BCUT2D eigenvalue weighted by atomic mass is 19.4. The summed E-state index contributed by atoms with van der Waals surface area (Å²) in [5.41, 5.74) is 1.90. The Morgan fingerprint density at radius 2 is 1.88 bits per heavy atom. The third-order valence-corrected chi connectivity index (χ3v) is 5.04. The number of hydrogen-bond acceptors (Lipinski definition) is 2. The van der Waals surface area contributed by atoms with Crippen LogP contribution in [0.15, 0.2) is 24.3 Å². The van der Waals surface area contributed by atoms with Gasteiger partial charge in [-0.1, -0.05) is 24.3 Å². The van der Waals surface area contributed by atoms with Crippen LogP contribution in [-0.4, -0.2) is 41.1 Å². The number of alkyl halides is 3. The Labute approximate surface area is 137 Å². The van der Waals surface area contributed by atoms with Gasteiger partial charge in [0.05, 0.1) is 17.8 Å². The van der Waals surface area contributed by atoms with Crippen molar-refractivity contribution in [2.24, 2.45) is 11.8 Å². The molecule has 130 valence electrons. The lowest BCUT2D eigenvalue weighted by Crippen LogP contribution is -2.36. The number of benzene rings is 1. The molecule has 1 unspecified atom stereocenters. The molecule has 0 spiro atoms. The zero-order valence-electron chi connectivity index (χ0n) is 12.9. The lowest BCUT2D eigenvalue weighted by molar-refractivity contribution is -0.188. The zero-order valence-corrected chi connectivity index (χ0v) is 12.9. The summed E-state index contributed by atoms with van der Waals surface area (Å²) >= 11 is 0. The number of hydrogen-bond donors (Lipinski definition) is 1. The van der Waals surface area contributed by atoms with Gasteiger partial charge in [0.2, 0.25) is 5.91 Å². The number of carboxylic acids is 1. The summed E-state index contributed by atoms with van der Waals surface area (Å²) in [6, 6.07) is 7.45. The van der Waals surface area contributed by atoms with Crippen LogP contribution in [0.2, 0.25) is 0 Å². The van der Waals surface area contributed by atoms with E-state index in [0.29, 0.717) is 6.42 Å². The third kappa shape index (κ3) is 2.99. The van der Waals surface area contributed by atoms with E-state index in [-0.39, 0.29) is 12.5 Å². The third-order valence-electron chi connectivity index (χ3n) is 5.04. The normalized spacial score (nSPS) is 27.0. The van der Waals surface area contributed by atoms with Crippen LogP contribution in [0.3, 0.4) is 0 Å². The molecule has 0 radical (unpaired) electrons. The topological polar surface area (TPSA) is 57.6 Å². The lowest BCUT2D eigenvalue weighted by atomic mass is 9.82. The van der Waals surface area contributed by atoms with Crippen LogP contribution in [0.5, 0.6) is 0 Å². The molecule has 4 nitrogen and oxygen atoms in total. The zero-order chi connectivity index (χ0) is 17.5. The molecule has 1 aliphatic heterocycles. The molecular weight excluding hydrogens is 323 g/mol. The van der Waals surface area contributed by atoms with Gasteiger partial charge < -0.3 is 10.0 Å². The number of nitrogens with zero attached hydrogens (tertiary/aromatic N) is 1.